The molecule has 360 valence electrons. The van der Waals surface area contributed by atoms with E-state index >= 15 is 0 Å². The Hall–Kier alpha value is -4.04. The van der Waals surface area contributed by atoms with Gasteiger partial charge < -0.3 is 23.8 Å². The third-order valence-electron chi connectivity index (χ3n) is 13.3. The van der Waals surface area contributed by atoms with Crippen molar-refractivity contribution in [2.24, 2.45) is 11.3 Å². The number of esters is 4. The molecule has 0 spiro atoms. The largest absolute Gasteiger partial charge is 0.466 e. The van der Waals surface area contributed by atoms with Gasteiger partial charge in [-0.1, -0.05) is 83.4 Å². The van der Waals surface area contributed by atoms with E-state index in [1.54, 1.807) is 4.57 Å². The first-order valence-electron chi connectivity index (χ1n) is 24.6. The molecule has 1 aromatic heterocycles. The molecule has 1 unspecified atom stereocenters. The van der Waals surface area contributed by atoms with Crippen LogP contribution in [0.15, 0.2) is 28.9 Å². The van der Waals surface area contributed by atoms with E-state index in [2.05, 4.69) is 53.9 Å². The van der Waals surface area contributed by atoms with E-state index in [9.17, 15) is 28.8 Å². The van der Waals surface area contributed by atoms with Gasteiger partial charge >= 0.3 is 23.9 Å². The topological polar surface area (TPSA) is 151 Å². The second kappa shape index (κ2) is 25.8. The lowest BCUT2D eigenvalue weighted by molar-refractivity contribution is -0.168. The molecular formula is C51H74BrN3O10. The molecule has 1 amide bonds. The fourth-order valence-electron chi connectivity index (χ4n) is 9.30. The molecule has 65 heavy (non-hydrogen) atoms. The van der Waals surface area contributed by atoms with Crippen LogP contribution in [-0.4, -0.2) is 109 Å². The fourth-order valence-corrected chi connectivity index (χ4v) is 10.0. The molecule has 0 radical (unpaired) electrons. The summed E-state index contributed by atoms with van der Waals surface area (Å²) in [6, 6.07) is 6.14. The first-order valence-corrected chi connectivity index (χ1v) is 25.4. The summed E-state index contributed by atoms with van der Waals surface area (Å²) in [5, 5.41) is 1.04. The zero-order chi connectivity index (χ0) is 46.9. The van der Waals surface area contributed by atoms with Crippen LogP contribution in [0.25, 0.3) is 16.5 Å². The first-order chi connectivity index (χ1) is 31.3. The van der Waals surface area contributed by atoms with Crippen molar-refractivity contribution in [3.63, 3.8) is 0 Å². The van der Waals surface area contributed by atoms with Crippen LogP contribution in [-0.2, 0) is 49.3 Å². The number of carbonyl (C=O) groups excluding carboxylic acids is 6. The van der Waals surface area contributed by atoms with Gasteiger partial charge in [0.2, 0.25) is 11.8 Å². The number of aromatic nitrogens is 1. The number of amides is 1. The number of hydrogen-bond acceptors (Lipinski definition) is 11. The molecule has 13 nitrogen and oxygen atoms in total. The summed E-state index contributed by atoms with van der Waals surface area (Å²) >= 11 is 3.80. The lowest BCUT2D eigenvalue weighted by Gasteiger charge is -2.40. The number of likely N-dealkylation sites (N-methyl/N-ethyl adjacent to an activating group) is 1. The van der Waals surface area contributed by atoms with Gasteiger partial charge in [-0.25, -0.2) is 0 Å². The standard InChI is InChI=1S/C51H74BrN3O10/c1-6-10-12-14-16-24-44(57)63-34-37(35-64-45(58)25-17-15-13-11-7-2)65-47(60)32-51(26-27-51)31-46(59)62-28-19-18-23-43(56)55-41-22-20-21-38-39-29-36(50(61)54(8-3)9-4)33-53(5)42(39)30-40(48(38)41)49(55)52/h20-22,29,36-37,42H,6-19,23-28,30-35H2,1-5H3/t36-,42?/m1/s1. The van der Waals surface area contributed by atoms with Crippen LogP contribution in [0.5, 0.6) is 0 Å². The van der Waals surface area contributed by atoms with Gasteiger partial charge in [-0.15, -0.1) is 0 Å². The molecule has 1 aromatic carbocycles. The Morgan fingerprint density at radius 2 is 1.35 bits per heavy atom. The molecule has 1 saturated carbocycles. The number of unbranched alkanes of at least 4 members (excludes halogenated alkanes) is 9. The van der Waals surface area contributed by atoms with E-state index in [0.29, 0.717) is 45.3 Å². The van der Waals surface area contributed by atoms with Gasteiger partial charge in [0, 0.05) is 50.3 Å². The summed E-state index contributed by atoms with van der Waals surface area (Å²) in [4.78, 5) is 82.5. The maximum Gasteiger partial charge on any atom is 0.306 e. The van der Waals surface area contributed by atoms with E-state index in [1.165, 1.54) is 0 Å². The second-order valence-corrected chi connectivity index (χ2v) is 19.2. The quantitative estimate of drug-likeness (QED) is 0.0436. The van der Waals surface area contributed by atoms with Crippen LogP contribution in [0.4, 0.5) is 0 Å². The van der Waals surface area contributed by atoms with Gasteiger partial charge in [0.25, 0.3) is 0 Å². The number of fused-ring (bicyclic) bond motifs is 2. The monoisotopic (exact) mass is 967 g/mol. The Kier molecular flexibility index (Phi) is 20.6. The Balaban J connectivity index is 1.08. The number of nitrogens with zero attached hydrogens (tertiary/aromatic N) is 3. The Bertz CT molecular complexity index is 1950. The summed E-state index contributed by atoms with van der Waals surface area (Å²) in [5.41, 5.74) is 3.56. The Morgan fingerprint density at radius 1 is 0.754 bits per heavy atom. The highest BCUT2D eigenvalue weighted by molar-refractivity contribution is 9.10. The number of rotatable bonds is 29. The van der Waals surface area contributed by atoms with Crippen molar-refractivity contribution >= 4 is 68.1 Å². The molecule has 1 fully saturated rings. The summed E-state index contributed by atoms with van der Waals surface area (Å²) in [6.07, 6.45) is 15.1. The smallest absolute Gasteiger partial charge is 0.306 e. The average Bonchev–Trinajstić information content (AvgIpc) is 3.97. The van der Waals surface area contributed by atoms with Crippen LogP contribution >= 0.6 is 15.9 Å². The SMILES string of the molecule is CCCCCCCC(=O)OCC(COC(=O)CCCCCCC)OC(=O)CC1(CC(=O)OCCCCC(=O)n2c(Br)c3c4c(cccc42)C2=C[C@@H](C(=O)N(CC)CC)CN(C)C2C3)CC1. The summed E-state index contributed by atoms with van der Waals surface area (Å²) in [5.74, 6) is -1.86. The highest BCUT2D eigenvalue weighted by Gasteiger charge is 2.47. The first kappa shape index (κ1) is 51.9. The number of carbonyl (C=O) groups is 6. The van der Waals surface area contributed by atoms with Gasteiger partial charge in [-0.05, 0) is 110 Å². The number of halogens is 1. The molecule has 0 saturated heterocycles. The summed E-state index contributed by atoms with van der Waals surface area (Å²) in [7, 11) is 2.07. The third kappa shape index (κ3) is 14.7. The Labute approximate surface area is 394 Å². The van der Waals surface area contributed by atoms with Crippen LogP contribution in [0.2, 0.25) is 0 Å². The predicted molar refractivity (Wildman–Crippen MR) is 254 cm³/mol. The zero-order valence-corrected chi connectivity index (χ0v) is 41.3. The highest BCUT2D eigenvalue weighted by atomic mass is 79.9. The highest BCUT2D eigenvalue weighted by Crippen LogP contribution is 2.52. The van der Waals surface area contributed by atoms with Crippen molar-refractivity contribution in [3.05, 3.63) is 40.0 Å². The van der Waals surface area contributed by atoms with Crippen molar-refractivity contribution in [1.29, 1.82) is 0 Å². The van der Waals surface area contributed by atoms with Crippen LogP contribution < -0.4 is 0 Å². The van der Waals surface area contributed by atoms with Gasteiger partial charge in [0.15, 0.2) is 6.10 Å². The normalized spacial score (nSPS) is 17.3. The molecule has 2 atom stereocenters. The van der Waals surface area contributed by atoms with Gasteiger partial charge in [0.1, 0.15) is 13.2 Å². The average molecular weight is 969 g/mol. The lowest BCUT2D eigenvalue weighted by atomic mass is 9.79. The van der Waals surface area contributed by atoms with Crippen LogP contribution in [0.1, 0.15) is 166 Å². The third-order valence-corrected chi connectivity index (χ3v) is 14.1. The predicted octanol–water partition coefficient (Wildman–Crippen LogP) is 9.78. The summed E-state index contributed by atoms with van der Waals surface area (Å²) < 4.78 is 24.7. The second-order valence-electron chi connectivity index (χ2n) is 18.4. The number of ether oxygens (including phenoxy) is 4. The number of benzene rings is 1. The lowest BCUT2D eigenvalue weighted by Crippen LogP contribution is -2.47. The van der Waals surface area contributed by atoms with Gasteiger partial charge in [0.05, 0.1) is 35.5 Å². The van der Waals surface area contributed by atoms with E-state index in [-0.39, 0.29) is 87.6 Å². The molecule has 2 aliphatic carbocycles. The van der Waals surface area contributed by atoms with Gasteiger partial charge in [-0.3, -0.25) is 38.2 Å². The van der Waals surface area contributed by atoms with Crippen molar-refractivity contribution in [3.8, 4) is 0 Å². The van der Waals surface area contributed by atoms with Crippen molar-refractivity contribution < 1.29 is 47.7 Å². The fraction of sp³-hybridized carbons (Fsp3) is 0.686. The minimum atomic E-state index is -0.947. The van der Waals surface area contributed by atoms with E-state index in [4.69, 9.17) is 18.9 Å². The molecule has 2 aromatic rings. The molecule has 3 aliphatic rings. The van der Waals surface area contributed by atoms with E-state index < -0.39 is 23.5 Å². The van der Waals surface area contributed by atoms with Crippen molar-refractivity contribution in [2.45, 2.75) is 168 Å². The van der Waals surface area contributed by atoms with E-state index in [1.807, 2.05) is 30.9 Å². The molecule has 5 rings (SSSR count). The van der Waals surface area contributed by atoms with Crippen molar-refractivity contribution in [1.82, 2.24) is 14.4 Å². The molecule has 14 heteroatoms. The van der Waals surface area contributed by atoms with Crippen LogP contribution in [0, 0.1) is 11.3 Å². The van der Waals surface area contributed by atoms with E-state index in [0.717, 1.165) is 103 Å². The Morgan fingerprint density at radius 3 is 1.95 bits per heavy atom. The minimum absolute atomic E-state index is 0.00337. The molecule has 2 heterocycles. The van der Waals surface area contributed by atoms with Gasteiger partial charge in [-0.2, -0.15) is 0 Å². The maximum atomic E-state index is 13.8. The molecule has 0 bridgehead atoms. The molecule has 0 N–H and O–H groups in total. The summed E-state index contributed by atoms with van der Waals surface area (Å²) in [6.45, 7) is 10.00. The van der Waals surface area contributed by atoms with Crippen molar-refractivity contribution in [2.75, 3.05) is 46.5 Å². The molecular weight excluding hydrogens is 894 g/mol. The number of hydrogen-bond donors (Lipinski definition) is 0. The maximum absolute atomic E-state index is 13.8. The van der Waals surface area contributed by atoms with Crippen LogP contribution in [0.3, 0.4) is 0 Å². The molecule has 1 aliphatic heterocycles. The zero-order valence-electron chi connectivity index (χ0n) is 39.7. The minimum Gasteiger partial charge on any atom is -0.466 e.